The maximum atomic E-state index is 12.7. The zero-order valence-corrected chi connectivity index (χ0v) is 15.1. The quantitative estimate of drug-likeness (QED) is 0.499. The van der Waals surface area contributed by atoms with Crippen LogP contribution in [0.5, 0.6) is 0 Å². The lowest BCUT2D eigenvalue weighted by Gasteiger charge is -2.10. The van der Waals surface area contributed by atoms with Crippen molar-refractivity contribution in [1.82, 2.24) is 0 Å². The monoisotopic (exact) mass is 380 g/mol. The fourth-order valence-corrected chi connectivity index (χ4v) is 2.78. The summed E-state index contributed by atoms with van der Waals surface area (Å²) in [6.07, 6.45) is 0. The van der Waals surface area contributed by atoms with Crippen molar-refractivity contribution in [3.63, 3.8) is 0 Å². The molecule has 0 unspecified atom stereocenters. The Balaban J connectivity index is 1.90. The van der Waals surface area contributed by atoms with Crippen LogP contribution in [-0.2, 0) is 0 Å². The third kappa shape index (κ3) is 3.61. The summed E-state index contributed by atoms with van der Waals surface area (Å²) in [5.74, 6) is -1.32. The summed E-state index contributed by atoms with van der Waals surface area (Å²) >= 11 is 0. The van der Waals surface area contributed by atoms with Crippen LogP contribution in [0.4, 0.5) is 11.4 Å². The molecular weight excluding hydrogens is 364 g/mol. The maximum absolute atomic E-state index is 12.7. The van der Waals surface area contributed by atoms with Crippen LogP contribution >= 0.6 is 0 Å². The Bertz CT molecular complexity index is 1080. The number of carbonyl (C=O) groups is 2. The third-order valence-corrected chi connectivity index (χ3v) is 4.23. The number of furan rings is 1. The highest BCUT2D eigenvalue weighted by Gasteiger charge is 2.20. The minimum absolute atomic E-state index is 0.0202. The van der Waals surface area contributed by atoms with Crippen molar-refractivity contribution >= 4 is 23.3 Å². The van der Waals surface area contributed by atoms with Crippen LogP contribution in [0.3, 0.4) is 0 Å². The van der Waals surface area contributed by atoms with E-state index >= 15 is 0 Å². The van der Waals surface area contributed by atoms with Crippen LogP contribution in [0.15, 0.2) is 52.9 Å². The molecule has 1 amide bonds. The van der Waals surface area contributed by atoms with Gasteiger partial charge < -0.3 is 14.8 Å². The number of para-hydroxylation sites is 1. The summed E-state index contributed by atoms with van der Waals surface area (Å²) in [6.45, 7) is 3.38. The molecule has 1 heterocycles. The van der Waals surface area contributed by atoms with Crippen LogP contribution in [0.2, 0.25) is 0 Å². The number of aromatic carboxylic acids is 1. The van der Waals surface area contributed by atoms with Crippen molar-refractivity contribution in [2.24, 2.45) is 0 Å². The van der Waals surface area contributed by atoms with Gasteiger partial charge in [-0.05, 0) is 43.7 Å². The Morgan fingerprint density at radius 2 is 1.75 bits per heavy atom. The number of carboxylic acid groups (broad SMARTS) is 1. The van der Waals surface area contributed by atoms with Gasteiger partial charge in [-0.3, -0.25) is 14.9 Å². The highest BCUT2D eigenvalue weighted by atomic mass is 16.6. The van der Waals surface area contributed by atoms with E-state index in [2.05, 4.69) is 5.32 Å². The number of carbonyl (C=O) groups excluding carboxylic acids is 1. The topological polar surface area (TPSA) is 123 Å². The molecule has 2 aromatic carbocycles. The molecule has 2 N–H and O–H groups in total. The van der Waals surface area contributed by atoms with Gasteiger partial charge in [0.1, 0.15) is 5.76 Å². The summed E-state index contributed by atoms with van der Waals surface area (Å²) < 4.78 is 5.65. The van der Waals surface area contributed by atoms with E-state index in [1.807, 2.05) is 0 Å². The molecule has 0 aliphatic rings. The van der Waals surface area contributed by atoms with Crippen molar-refractivity contribution < 1.29 is 24.0 Å². The third-order valence-electron chi connectivity index (χ3n) is 4.23. The molecule has 0 aliphatic heterocycles. The standard InChI is InChI=1S/C20H16N2O6/c1-11-4-3-5-15(20(24)25)17(11)21-19(23)18-12(2)10-16(28-18)13-6-8-14(9-7-13)22(26)27/h3-10H,1-2H3,(H,21,23)(H,24,25). The number of benzene rings is 2. The van der Waals surface area contributed by atoms with Crippen molar-refractivity contribution in [2.45, 2.75) is 13.8 Å². The summed E-state index contributed by atoms with van der Waals surface area (Å²) in [6, 6.07) is 12.1. The Labute approximate surface area is 159 Å². The highest BCUT2D eigenvalue weighted by molar-refractivity contribution is 6.07. The molecule has 0 saturated carbocycles. The van der Waals surface area contributed by atoms with Gasteiger partial charge in [0.2, 0.25) is 0 Å². The van der Waals surface area contributed by atoms with Crippen molar-refractivity contribution in [3.8, 4) is 11.3 Å². The average Bonchev–Trinajstić information content (AvgIpc) is 3.05. The Morgan fingerprint density at radius 1 is 1.07 bits per heavy atom. The SMILES string of the molecule is Cc1cc(-c2ccc([N+](=O)[O-])cc2)oc1C(=O)Nc1c(C)cccc1C(=O)O. The van der Waals surface area contributed by atoms with Gasteiger partial charge in [-0.1, -0.05) is 12.1 Å². The van der Waals surface area contributed by atoms with Crippen molar-refractivity contribution in [2.75, 3.05) is 5.32 Å². The Kier molecular flexibility index (Phi) is 4.95. The lowest BCUT2D eigenvalue weighted by atomic mass is 10.1. The normalized spacial score (nSPS) is 10.5. The first-order valence-electron chi connectivity index (χ1n) is 8.27. The summed E-state index contributed by atoms with van der Waals surface area (Å²) in [5.41, 5.74) is 1.87. The van der Waals surface area contributed by atoms with Gasteiger partial charge in [0.05, 0.1) is 16.2 Å². The van der Waals surface area contributed by atoms with E-state index in [0.29, 0.717) is 22.5 Å². The zero-order chi connectivity index (χ0) is 20.4. The molecule has 0 bridgehead atoms. The Morgan fingerprint density at radius 3 is 2.36 bits per heavy atom. The predicted octanol–water partition coefficient (Wildman–Crippen LogP) is 4.42. The van der Waals surface area contributed by atoms with E-state index in [4.69, 9.17) is 4.42 Å². The number of aryl methyl sites for hydroxylation is 2. The van der Waals surface area contributed by atoms with Crippen LogP contribution < -0.4 is 5.32 Å². The van der Waals surface area contributed by atoms with Crippen LogP contribution in [0, 0.1) is 24.0 Å². The smallest absolute Gasteiger partial charge is 0.337 e. The van der Waals surface area contributed by atoms with Crippen LogP contribution in [0.1, 0.15) is 32.0 Å². The molecule has 0 atom stereocenters. The number of amides is 1. The van der Waals surface area contributed by atoms with E-state index in [1.54, 1.807) is 32.0 Å². The van der Waals surface area contributed by atoms with E-state index < -0.39 is 16.8 Å². The van der Waals surface area contributed by atoms with Gasteiger partial charge in [0.25, 0.3) is 11.6 Å². The fraction of sp³-hybridized carbons (Fsp3) is 0.100. The number of nitrogens with zero attached hydrogens (tertiary/aromatic N) is 1. The molecule has 1 aromatic heterocycles. The second kappa shape index (κ2) is 7.36. The maximum Gasteiger partial charge on any atom is 0.337 e. The average molecular weight is 380 g/mol. The summed E-state index contributed by atoms with van der Waals surface area (Å²) in [4.78, 5) is 34.3. The first-order chi connectivity index (χ1) is 13.3. The number of hydrogen-bond acceptors (Lipinski definition) is 5. The van der Waals surface area contributed by atoms with Crippen LogP contribution in [0.25, 0.3) is 11.3 Å². The van der Waals surface area contributed by atoms with Gasteiger partial charge in [-0.2, -0.15) is 0 Å². The zero-order valence-electron chi connectivity index (χ0n) is 15.1. The number of anilines is 1. The molecule has 8 nitrogen and oxygen atoms in total. The molecule has 0 aliphatic carbocycles. The number of nitro groups is 1. The molecule has 28 heavy (non-hydrogen) atoms. The Hall–Kier alpha value is -3.94. The lowest BCUT2D eigenvalue weighted by molar-refractivity contribution is -0.384. The number of nitrogens with one attached hydrogen (secondary N) is 1. The van der Waals surface area contributed by atoms with Crippen molar-refractivity contribution in [1.29, 1.82) is 0 Å². The second-order valence-corrected chi connectivity index (χ2v) is 6.18. The molecule has 0 fully saturated rings. The first kappa shape index (κ1) is 18.8. The minimum Gasteiger partial charge on any atom is -0.478 e. The predicted molar refractivity (Wildman–Crippen MR) is 102 cm³/mol. The van der Waals surface area contributed by atoms with Gasteiger partial charge in [0, 0.05) is 23.3 Å². The molecule has 8 heteroatoms. The van der Waals surface area contributed by atoms with Crippen LogP contribution in [-0.4, -0.2) is 21.9 Å². The van der Waals surface area contributed by atoms with Gasteiger partial charge >= 0.3 is 5.97 Å². The van der Waals surface area contributed by atoms with Crippen molar-refractivity contribution in [3.05, 3.63) is 81.1 Å². The number of carboxylic acids is 1. The molecule has 142 valence electrons. The number of non-ortho nitro benzene ring substituents is 1. The van der Waals surface area contributed by atoms with E-state index in [-0.39, 0.29) is 22.7 Å². The number of nitro benzene ring substituents is 1. The molecular formula is C20H16N2O6. The molecule has 3 rings (SSSR count). The van der Waals surface area contributed by atoms with E-state index in [0.717, 1.165) is 0 Å². The van der Waals surface area contributed by atoms with Gasteiger partial charge in [-0.15, -0.1) is 0 Å². The molecule has 0 spiro atoms. The molecule has 0 radical (unpaired) electrons. The number of rotatable bonds is 5. The van der Waals surface area contributed by atoms with E-state index in [9.17, 15) is 24.8 Å². The first-order valence-corrected chi connectivity index (χ1v) is 8.27. The van der Waals surface area contributed by atoms with Gasteiger partial charge in [0.15, 0.2) is 5.76 Å². The molecule has 0 saturated heterocycles. The minimum atomic E-state index is -1.15. The summed E-state index contributed by atoms with van der Waals surface area (Å²) in [5, 5.41) is 22.7. The molecule has 3 aromatic rings. The fourth-order valence-electron chi connectivity index (χ4n) is 2.78. The van der Waals surface area contributed by atoms with Gasteiger partial charge in [-0.25, -0.2) is 4.79 Å². The largest absolute Gasteiger partial charge is 0.478 e. The lowest BCUT2D eigenvalue weighted by Crippen LogP contribution is -2.16. The summed E-state index contributed by atoms with van der Waals surface area (Å²) in [7, 11) is 0. The number of hydrogen-bond donors (Lipinski definition) is 2. The van der Waals surface area contributed by atoms with E-state index in [1.165, 1.54) is 30.3 Å². The highest BCUT2D eigenvalue weighted by Crippen LogP contribution is 2.28. The second-order valence-electron chi connectivity index (χ2n) is 6.18.